The lowest BCUT2D eigenvalue weighted by molar-refractivity contribution is 0.0734. The number of ether oxygens (including phenoxy) is 3. The molecule has 0 saturated carbocycles. The van der Waals surface area contributed by atoms with Crippen molar-refractivity contribution in [1.82, 2.24) is 0 Å². The third-order valence-electron chi connectivity index (χ3n) is 5.08. The zero-order chi connectivity index (χ0) is 23.5. The number of halogens is 2. The molecule has 0 fully saturated rings. The topological polar surface area (TPSA) is 94.6 Å². The van der Waals surface area contributed by atoms with Gasteiger partial charge in [0.05, 0.1) is 18.1 Å². The van der Waals surface area contributed by atoms with E-state index in [1.54, 1.807) is 30.3 Å². The lowest BCUT2D eigenvalue weighted by Gasteiger charge is -2.27. The number of nitrogens with two attached hydrogens (primary N) is 1. The number of allylic oxidation sites excluding steroid dienone is 1. The van der Waals surface area contributed by atoms with E-state index in [2.05, 4.69) is 0 Å². The van der Waals surface area contributed by atoms with E-state index in [9.17, 15) is 18.8 Å². The molecule has 0 amide bonds. The highest BCUT2D eigenvalue weighted by atomic mass is 19.1. The summed E-state index contributed by atoms with van der Waals surface area (Å²) in [6.45, 7) is 2.36. The van der Waals surface area contributed by atoms with Gasteiger partial charge in [0.1, 0.15) is 40.5 Å². The minimum Gasteiger partial charge on any atom is -0.494 e. The SMILES string of the molecule is CCOc1ccc(C(=O)Oc2ccc3c(c2)OC(N)=C(C#N)[C@@H]3c2ccc(F)cc2F)cc1. The highest BCUT2D eigenvalue weighted by molar-refractivity contribution is 5.91. The molecule has 0 aromatic heterocycles. The zero-order valence-electron chi connectivity index (χ0n) is 17.5. The molecule has 0 radical (unpaired) electrons. The molecule has 1 aliphatic heterocycles. The molecule has 0 bridgehead atoms. The van der Waals surface area contributed by atoms with E-state index in [0.717, 1.165) is 12.1 Å². The van der Waals surface area contributed by atoms with Crippen LogP contribution in [0.1, 0.15) is 34.3 Å². The number of nitriles is 1. The second kappa shape index (κ2) is 9.01. The average Bonchev–Trinajstić information content (AvgIpc) is 2.79. The van der Waals surface area contributed by atoms with Crippen molar-refractivity contribution in [2.45, 2.75) is 12.8 Å². The summed E-state index contributed by atoms with van der Waals surface area (Å²) in [7, 11) is 0. The van der Waals surface area contributed by atoms with Crippen LogP contribution in [0.15, 0.2) is 72.1 Å². The van der Waals surface area contributed by atoms with E-state index < -0.39 is 23.5 Å². The molecule has 0 aliphatic carbocycles. The van der Waals surface area contributed by atoms with Crippen LogP contribution in [-0.2, 0) is 0 Å². The third kappa shape index (κ3) is 4.34. The summed E-state index contributed by atoms with van der Waals surface area (Å²) >= 11 is 0. The molecule has 6 nitrogen and oxygen atoms in total. The van der Waals surface area contributed by atoms with Gasteiger partial charge in [-0.3, -0.25) is 0 Å². The summed E-state index contributed by atoms with van der Waals surface area (Å²) in [5, 5.41) is 9.57. The normalized spacial score (nSPS) is 14.7. The van der Waals surface area contributed by atoms with Crippen molar-refractivity contribution < 1.29 is 27.8 Å². The predicted octanol–water partition coefficient (Wildman–Crippen LogP) is 4.80. The highest BCUT2D eigenvalue weighted by Gasteiger charge is 2.33. The molecular formula is C25H18F2N2O4. The van der Waals surface area contributed by atoms with Crippen LogP contribution < -0.4 is 19.9 Å². The van der Waals surface area contributed by atoms with Gasteiger partial charge in [0.2, 0.25) is 5.88 Å². The maximum atomic E-state index is 14.5. The number of benzene rings is 3. The fourth-order valence-electron chi connectivity index (χ4n) is 3.57. The Morgan fingerprint density at radius 2 is 1.76 bits per heavy atom. The van der Waals surface area contributed by atoms with Gasteiger partial charge in [-0.15, -0.1) is 0 Å². The van der Waals surface area contributed by atoms with E-state index in [1.807, 2.05) is 13.0 Å². The largest absolute Gasteiger partial charge is 0.494 e. The van der Waals surface area contributed by atoms with Gasteiger partial charge in [0.25, 0.3) is 0 Å². The molecule has 166 valence electrons. The van der Waals surface area contributed by atoms with Crippen molar-refractivity contribution in [2.24, 2.45) is 5.73 Å². The van der Waals surface area contributed by atoms with Crippen molar-refractivity contribution in [3.8, 4) is 23.3 Å². The molecule has 2 N–H and O–H groups in total. The summed E-state index contributed by atoms with van der Waals surface area (Å²) in [4.78, 5) is 12.5. The molecule has 3 aromatic carbocycles. The molecule has 8 heteroatoms. The molecule has 1 atom stereocenters. The highest BCUT2D eigenvalue weighted by Crippen LogP contribution is 2.44. The van der Waals surface area contributed by atoms with E-state index in [1.165, 1.54) is 18.2 Å². The van der Waals surface area contributed by atoms with Crippen LogP contribution in [0, 0.1) is 23.0 Å². The Hall–Kier alpha value is -4.38. The van der Waals surface area contributed by atoms with Gasteiger partial charge in [-0.05, 0) is 43.3 Å². The van der Waals surface area contributed by atoms with Gasteiger partial charge < -0.3 is 19.9 Å². The van der Waals surface area contributed by atoms with Gasteiger partial charge in [-0.1, -0.05) is 12.1 Å². The first kappa shape index (κ1) is 21.8. The first-order valence-corrected chi connectivity index (χ1v) is 10.0. The Morgan fingerprint density at radius 3 is 2.42 bits per heavy atom. The fourth-order valence-corrected chi connectivity index (χ4v) is 3.57. The van der Waals surface area contributed by atoms with Gasteiger partial charge in [-0.2, -0.15) is 5.26 Å². The van der Waals surface area contributed by atoms with Crippen molar-refractivity contribution in [1.29, 1.82) is 5.26 Å². The number of rotatable bonds is 5. The number of carbonyl (C=O) groups is 1. The summed E-state index contributed by atoms with van der Waals surface area (Å²) < 4.78 is 44.3. The molecular weight excluding hydrogens is 430 g/mol. The third-order valence-corrected chi connectivity index (χ3v) is 5.08. The molecule has 1 heterocycles. The minimum atomic E-state index is -0.907. The van der Waals surface area contributed by atoms with Gasteiger partial charge in [-0.25, -0.2) is 13.6 Å². The second-order valence-corrected chi connectivity index (χ2v) is 7.14. The van der Waals surface area contributed by atoms with Gasteiger partial charge in [0, 0.05) is 23.3 Å². The lowest BCUT2D eigenvalue weighted by atomic mass is 9.83. The summed E-state index contributed by atoms with van der Waals surface area (Å²) in [5.41, 5.74) is 6.71. The molecule has 0 spiro atoms. The Kier molecular flexibility index (Phi) is 5.96. The standard InChI is InChI=1S/C25H18F2N2O4/c1-2-31-16-6-3-14(4-7-16)25(30)32-17-8-10-19-22(12-17)33-24(29)20(13-28)23(19)18-9-5-15(26)11-21(18)27/h3-12,23H,2,29H2,1H3/t23-/m1/s1. The van der Waals surface area contributed by atoms with E-state index in [-0.39, 0.29) is 28.5 Å². The molecule has 33 heavy (non-hydrogen) atoms. The van der Waals surface area contributed by atoms with Crippen molar-refractivity contribution >= 4 is 5.97 Å². The zero-order valence-corrected chi connectivity index (χ0v) is 17.5. The monoisotopic (exact) mass is 448 g/mol. The van der Waals surface area contributed by atoms with Crippen molar-refractivity contribution in [2.75, 3.05) is 6.61 Å². The first-order valence-electron chi connectivity index (χ1n) is 10.0. The maximum absolute atomic E-state index is 14.5. The molecule has 4 rings (SSSR count). The van der Waals surface area contributed by atoms with Crippen LogP contribution in [-0.4, -0.2) is 12.6 Å². The number of esters is 1. The van der Waals surface area contributed by atoms with Gasteiger partial charge >= 0.3 is 5.97 Å². The van der Waals surface area contributed by atoms with E-state index >= 15 is 0 Å². The van der Waals surface area contributed by atoms with Crippen LogP contribution in [0.5, 0.6) is 17.2 Å². The average molecular weight is 448 g/mol. The van der Waals surface area contributed by atoms with Crippen molar-refractivity contribution in [3.05, 3.63) is 100 Å². The quantitative estimate of drug-likeness (QED) is 0.445. The molecule has 0 unspecified atom stereocenters. The number of nitrogens with zero attached hydrogens (tertiary/aromatic N) is 1. The number of carbonyl (C=O) groups excluding carboxylic acids is 1. The van der Waals surface area contributed by atoms with Crippen LogP contribution in [0.3, 0.4) is 0 Å². The summed E-state index contributed by atoms with van der Waals surface area (Å²) in [6.07, 6.45) is 0. The van der Waals surface area contributed by atoms with Crippen LogP contribution in [0.4, 0.5) is 8.78 Å². The fraction of sp³-hybridized carbons (Fsp3) is 0.120. The number of hydrogen-bond acceptors (Lipinski definition) is 6. The van der Waals surface area contributed by atoms with Crippen LogP contribution >= 0.6 is 0 Å². The second-order valence-electron chi connectivity index (χ2n) is 7.14. The lowest BCUT2D eigenvalue weighted by Crippen LogP contribution is -2.22. The first-order chi connectivity index (χ1) is 15.9. The van der Waals surface area contributed by atoms with E-state index in [4.69, 9.17) is 19.9 Å². The number of hydrogen-bond donors (Lipinski definition) is 1. The van der Waals surface area contributed by atoms with Gasteiger partial charge in [0.15, 0.2) is 0 Å². The van der Waals surface area contributed by atoms with Crippen LogP contribution in [0.25, 0.3) is 0 Å². The summed E-state index contributed by atoms with van der Waals surface area (Å²) in [5.74, 6) is -2.29. The Morgan fingerprint density at radius 1 is 1.06 bits per heavy atom. The minimum absolute atomic E-state index is 0.00728. The maximum Gasteiger partial charge on any atom is 0.343 e. The Bertz CT molecular complexity index is 1300. The van der Waals surface area contributed by atoms with Crippen LogP contribution in [0.2, 0.25) is 0 Å². The Balaban J connectivity index is 1.65. The molecule has 0 saturated heterocycles. The summed E-state index contributed by atoms with van der Waals surface area (Å²) in [6, 6.07) is 16.0. The number of fused-ring (bicyclic) bond motifs is 1. The Labute approximate surface area is 188 Å². The smallest absolute Gasteiger partial charge is 0.343 e. The predicted molar refractivity (Wildman–Crippen MR) is 115 cm³/mol. The van der Waals surface area contributed by atoms with Crippen molar-refractivity contribution in [3.63, 3.8) is 0 Å². The molecule has 1 aliphatic rings. The molecule has 3 aromatic rings. The van der Waals surface area contributed by atoms with E-state index in [0.29, 0.717) is 23.5 Å².